The molecule has 0 atom stereocenters. The molecule has 0 saturated carbocycles. The van der Waals surface area contributed by atoms with E-state index in [1.165, 1.54) is 11.3 Å². The predicted octanol–water partition coefficient (Wildman–Crippen LogP) is 6.12. The van der Waals surface area contributed by atoms with E-state index in [4.69, 9.17) is 11.6 Å². The van der Waals surface area contributed by atoms with Crippen LogP contribution in [0.15, 0.2) is 53.9 Å². The molecule has 0 fully saturated rings. The Kier molecular flexibility index (Phi) is 5.94. The second-order valence-corrected chi connectivity index (χ2v) is 8.75. The first kappa shape index (κ1) is 21.3. The SMILES string of the molecule is Cc1csc(N(C(=O)Cc2c(C)nn(-c3ccc(C)c(Cl)c3)c2C)c2ccccc2)n1. The lowest BCUT2D eigenvalue weighted by atomic mass is 10.1. The summed E-state index contributed by atoms with van der Waals surface area (Å²) in [5, 5.41) is 8.00. The Hall–Kier alpha value is -2.96. The molecule has 5 nitrogen and oxygen atoms in total. The van der Waals surface area contributed by atoms with Gasteiger partial charge < -0.3 is 0 Å². The third-order valence-electron chi connectivity index (χ3n) is 5.23. The van der Waals surface area contributed by atoms with E-state index in [9.17, 15) is 4.79 Å². The van der Waals surface area contributed by atoms with Crippen molar-refractivity contribution in [2.75, 3.05) is 4.90 Å². The number of carbonyl (C=O) groups is 1. The van der Waals surface area contributed by atoms with Crippen LogP contribution in [-0.2, 0) is 11.2 Å². The minimum absolute atomic E-state index is 0.0479. The lowest BCUT2D eigenvalue weighted by molar-refractivity contribution is -0.117. The molecule has 31 heavy (non-hydrogen) atoms. The third-order valence-corrected chi connectivity index (χ3v) is 6.58. The molecule has 2 heterocycles. The van der Waals surface area contributed by atoms with Crippen molar-refractivity contribution in [3.05, 3.63) is 87.1 Å². The van der Waals surface area contributed by atoms with Crippen molar-refractivity contribution in [3.63, 3.8) is 0 Å². The van der Waals surface area contributed by atoms with Gasteiger partial charge in [0.15, 0.2) is 5.13 Å². The summed E-state index contributed by atoms with van der Waals surface area (Å²) in [6.07, 6.45) is 0.227. The zero-order valence-electron chi connectivity index (χ0n) is 17.9. The summed E-state index contributed by atoms with van der Waals surface area (Å²) in [4.78, 5) is 19.8. The fraction of sp³-hybridized carbons (Fsp3) is 0.208. The Morgan fingerprint density at radius 1 is 1.10 bits per heavy atom. The molecular formula is C24H23ClN4OS. The second-order valence-electron chi connectivity index (χ2n) is 7.51. The maximum atomic E-state index is 13.5. The fourth-order valence-electron chi connectivity index (χ4n) is 3.51. The molecule has 158 valence electrons. The van der Waals surface area contributed by atoms with Gasteiger partial charge in [-0.05, 0) is 57.5 Å². The lowest BCUT2D eigenvalue weighted by Crippen LogP contribution is -2.27. The molecule has 0 N–H and O–H groups in total. The van der Waals surface area contributed by atoms with E-state index >= 15 is 0 Å². The number of aromatic nitrogens is 3. The van der Waals surface area contributed by atoms with E-state index in [1.807, 2.05) is 86.3 Å². The van der Waals surface area contributed by atoms with Crippen molar-refractivity contribution in [1.29, 1.82) is 0 Å². The Bertz CT molecular complexity index is 1250. The quantitative estimate of drug-likeness (QED) is 0.368. The molecule has 7 heteroatoms. The molecule has 4 rings (SSSR count). The summed E-state index contributed by atoms with van der Waals surface area (Å²) in [5.74, 6) is -0.0479. The van der Waals surface area contributed by atoms with Gasteiger partial charge in [0.25, 0.3) is 0 Å². The number of carbonyl (C=O) groups excluding carboxylic acids is 1. The van der Waals surface area contributed by atoms with Crippen molar-refractivity contribution >= 4 is 39.7 Å². The number of aryl methyl sites for hydroxylation is 3. The molecule has 0 unspecified atom stereocenters. The minimum atomic E-state index is -0.0479. The average Bonchev–Trinajstić information content (AvgIpc) is 3.29. The van der Waals surface area contributed by atoms with Crippen LogP contribution in [0.1, 0.15) is 28.2 Å². The highest BCUT2D eigenvalue weighted by Crippen LogP contribution is 2.30. The summed E-state index contributed by atoms with van der Waals surface area (Å²) in [7, 11) is 0. The predicted molar refractivity (Wildman–Crippen MR) is 127 cm³/mol. The number of amides is 1. The van der Waals surface area contributed by atoms with Crippen LogP contribution in [0.4, 0.5) is 10.8 Å². The van der Waals surface area contributed by atoms with Crippen LogP contribution in [0.3, 0.4) is 0 Å². The maximum absolute atomic E-state index is 13.5. The number of hydrogen-bond acceptors (Lipinski definition) is 4. The van der Waals surface area contributed by atoms with E-state index in [0.717, 1.165) is 39.6 Å². The largest absolute Gasteiger partial charge is 0.274 e. The monoisotopic (exact) mass is 450 g/mol. The highest BCUT2D eigenvalue weighted by atomic mass is 35.5. The first-order valence-corrected chi connectivity index (χ1v) is 11.2. The van der Waals surface area contributed by atoms with Crippen LogP contribution in [0.25, 0.3) is 5.69 Å². The summed E-state index contributed by atoms with van der Waals surface area (Å²) < 4.78 is 1.85. The number of anilines is 2. The van der Waals surface area contributed by atoms with Crippen molar-refractivity contribution in [1.82, 2.24) is 14.8 Å². The topological polar surface area (TPSA) is 51.0 Å². The lowest BCUT2D eigenvalue weighted by Gasteiger charge is -2.20. The van der Waals surface area contributed by atoms with Crippen LogP contribution in [-0.4, -0.2) is 20.7 Å². The number of halogens is 1. The van der Waals surface area contributed by atoms with Gasteiger partial charge in [0.1, 0.15) is 0 Å². The van der Waals surface area contributed by atoms with Crippen LogP contribution in [0.5, 0.6) is 0 Å². The summed E-state index contributed by atoms with van der Waals surface area (Å²) in [5.41, 5.74) is 6.25. The summed E-state index contributed by atoms with van der Waals surface area (Å²) in [6.45, 7) is 7.81. The van der Waals surface area contributed by atoms with Crippen molar-refractivity contribution in [2.45, 2.75) is 34.1 Å². The molecule has 0 spiro atoms. The van der Waals surface area contributed by atoms with E-state index in [-0.39, 0.29) is 12.3 Å². The number of nitrogens with zero attached hydrogens (tertiary/aromatic N) is 4. The molecular weight excluding hydrogens is 428 g/mol. The highest BCUT2D eigenvalue weighted by Gasteiger charge is 2.24. The molecule has 4 aromatic rings. The third kappa shape index (κ3) is 4.27. The van der Waals surface area contributed by atoms with Gasteiger partial charge in [0, 0.05) is 21.7 Å². The molecule has 2 aromatic heterocycles. The Morgan fingerprint density at radius 3 is 2.48 bits per heavy atom. The number of rotatable bonds is 5. The van der Waals surface area contributed by atoms with Crippen molar-refractivity contribution in [2.24, 2.45) is 0 Å². The standard InChI is InChI=1S/C24H23ClN4OS/c1-15-10-11-20(12-22(15)25)29-18(4)21(17(3)27-29)13-23(30)28(19-8-6-5-7-9-19)24-26-16(2)14-31-24/h5-12,14H,13H2,1-4H3. The van der Waals surface area contributed by atoms with E-state index < -0.39 is 0 Å². The van der Waals surface area contributed by atoms with Gasteiger partial charge in [-0.1, -0.05) is 35.9 Å². The molecule has 1 amide bonds. The Labute approximate surface area is 190 Å². The van der Waals surface area contributed by atoms with Gasteiger partial charge in [0.05, 0.1) is 29.2 Å². The first-order chi connectivity index (χ1) is 14.8. The van der Waals surface area contributed by atoms with E-state index in [1.54, 1.807) is 4.90 Å². The van der Waals surface area contributed by atoms with Gasteiger partial charge in [-0.15, -0.1) is 11.3 Å². The van der Waals surface area contributed by atoms with E-state index in [2.05, 4.69) is 10.1 Å². The van der Waals surface area contributed by atoms with E-state index in [0.29, 0.717) is 10.2 Å². The van der Waals surface area contributed by atoms with Crippen LogP contribution in [0, 0.1) is 27.7 Å². The van der Waals surface area contributed by atoms with Crippen LogP contribution in [0.2, 0.25) is 5.02 Å². The van der Waals surface area contributed by atoms with Gasteiger partial charge in [-0.3, -0.25) is 9.69 Å². The summed E-state index contributed by atoms with van der Waals surface area (Å²) >= 11 is 7.78. The normalized spacial score (nSPS) is 11.0. The number of hydrogen-bond donors (Lipinski definition) is 0. The molecule has 0 aliphatic heterocycles. The van der Waals surface area contributed by atoms with Gasteiger partial charge in [0.2, 0.25) is 5.91 Å². The molecule has 0 saturated heterocycles. The molecule has 0 aliphatic carbocycles. The molecule has 2 aromatic carbocycles. The molecule has 0 bridgehead atoms. The van der Waals surface area contributed by atoms with Crippen LogP contribution >= 0.6 is 22.9 Å². The van der Waals surface area contributed by atoms with Crippen LogP contribution < -0.4 is 4.90 Å². The zero-order chi connectivity index (χ0) is 22.1. The van der Waals surface area contributed by atoms with Gasteiger partial charge >= 0.3 is 0 Å². The molecule has 0 aliphatic rings. The maximum Gasteiger partial charge on any atom is 0.237 e. The fourth-order valence-corrected chi connectivity index (χ4v) is 4.52. The number of para-hydroxylation sites is 1. The minimum Gasteiger partial charge on any atom is -0.274 e. The highest BCUT2D eigenvalue weighted by molar-refractivity contribution is 7.14. The zero-order valence-corrected chi connectivity index (χ0v) is 19.5. The average molecular weight is 451 g/mol. The van der Waals surface area contributed by atoms with Crippen molar-refractivity contribution in [3.8, 4) is 5.69 Å². The second kappa shape index (κ2) is 8.65. The van der Waals surface area contributed by atoms with Crippen molar-refractivity contribution < 1.29 is 4.79 Å². The summed E-state index contributed by atoms with van der Waals surface area (Å²) in [6, 6.07) is 15.5. The Morgan fingerprint density at radius 2 is 1.84 bits per heavy atom. The Balaban J connectivity index is 1.70. The smallest absolute Gasteiger partial charge is 0.237 e. The molecule has 0 radical (unpaired) electrons. The number of benzene rings is 2. The van der Waals surface area contributed by atoms with Gasteiger partial charge in [-0.25, -0.2) is 9.67 Å². The number of thiazole rings is 1. The first-order valence-electron chi connectivity index (χ1n) is 9.97. The van der Waals surface area contributed by atoms with Gasteiger partial charge in [-0.2, -0.15) is 5.10 Å².